The van der Waals surface area contributed by atoms with Crippen molar-refractivity contribution in [2.24, 2.45) is 0 Å². The third-order valence-electron chi connectivity index (χ3n) is 4.47. The van der Waals surface area contributed by atoms with E-state index in [1.54, 1.807) is 29.8 Å². The number of aliphatic hydroxyl groups is 1. The normalized spacial score (nSPS) is 17.7. The number of thioether (sulfide) groups is 1. The molecule has 1 aromatic carbocycles. The lowest BCUT2D eigenvalue weighted by Crippen LogP contribution is -2.34. The molecular weight excluding hydrogens is 394 g/mol. The number of rotatable bonds is 13. The Morgan fingerprint density at radius 1 is 1.41 bits per heavy atom. The zero-order valence-corrected chi connectivity index (χ0v) is 17.5. The van der Waals surface area contributed by atoms with Gasteiger partial charge in [0.25, 0.3) is 0 Å². The van der Waals surface area contributed by atoms with Gasteiger partial charge in [-0.1, -0.05) is 36.4 Å². The lowest BCUT2D eigenvalue weighted by atomic mass is 10.0. The zero-order valence-electron chi connectivity index (χ0n) is 16.7. The molecule has 0 aromatic heterocycles. The van der Waals surface area contributed by atoms with E-state index in [-0.39, 0.29) is 25.2 Å². The number of carboxylic acid groups (broad SMARTS) is 1. The van der Waals surface area contributed by atoms with E-state index >= 15 is 0 Å². The summed E-state index contributed by atoms with van der Waals surface area (Å²) < 4.78 is 10.3. The molecule has 1 aliphatic rings. The van der Waals surface area contributed by atoms with Gasteiger partial charge in [0.05, 0.1) is 18.8 Å². The Labute approximate surface area is 175 Å². The van der Waals surface area contributed by atoms with Crippen molar-refractivity contribution < 1.29 is 29.3 Å². The van der Waals surface area contributed by atoms with Crippen LogP contribution in [-0.4, -0.2) is 71.1 Å². The predicted molar refractivity (Wildman–Crippen MR) is 112 cm³/mol. The van der Waals surface area contributed by atoms with E-state index in [1.807, 2.05) is 30.3 Å². The largest absolute Gasteiger partial charge is 0.481 e. The average Bonchev–Trinajstić information content (AvgIpc) is 3.03. The van der Waals surface area contributed by atoms with Crippen molar-refractivity contribution >= 4 is 23.8 Å². The van der Waals surface area contributed by atoms with Gasteiger partial charge in [-0.25, -0.2) is 4.79 Å². The molecule has 0 aliphatic carbocycles. The molecule has 2 rings (SSSR count). The van der Waals surface area contributed by atoms with E-state index in [9.17, 15) is 14.7 Å². The van der Waals surface area contributed by atoms with Crippen molar-refractivity contribution in [2.75, 3.05) is 31.8 Å². The first-order chi connectivity index (χ1) is 14.0. The van der Waals surface area contributed by atoms with Crippen LogP contribution in [0.4, 0.5) is 4.79 Å². The quantitative estimate of drug-likeness (QED) is 0.372. The molecule has 2 N–H and O–H groups in total. The molecule has 1 amide bonds. The van der Waals surface area contributed by atoms with Crippen molar-refractivity contribution in [1.29, 1.82) is 0 Å². The lowest BCUT2D eigenvalue weighted by Gasteiger charge is -2.19. The fourth-order valence-electron chi connectivity index (χ4n) is 3.05. The van der Waals surface area contributed by atoms with E-state index in [2.05, 4.69) is 0 Å². The second-order valence-electron chi connectivity index (χ2n) is 6.86. The summed E-state index contributed by atoms with van der Waals surface area (Å²) in [5.41, 5.74) is 2.08. The Balaban J connectivity index is 1.79. The molecule has 1 aromatic rings. The van der Waals surface area contributed by atoms with Crippen LogP contribution in [0.1, 0.15) is 24.0 Å². The highest BCUT2D eigenvalue weighted by molar-refractivity contribution is 7.99. The highest BCUT2D eigenvalue weighted by atomic mass is 32.2. The number of nitrogens with zero attached hydrogens (tertiary/aromatic N) is 1. The van der Waals surface area contributed by atoms with Crippen molar-refractivity contribution in [1.82, 2.24) is 4.90 Å². The summed E-state index contributed by atoms with van der Waals surface area (Å²) in [6.45, 7) is 1.33. The average molecular weight is 424 g/mol. The van der Waals surface area contributed by atoms with Crippen LogP contribution in [0.15, 0.2) is 36.4 Å². The highest BCUT2D eigenvalue weighted by Crippen LogP contribution is 2.16. The fraction of sp³-hybridized carbons (Fsp3) is 0.524. The van der Waals surface area contributed by atoms with E-state index in [1.165, 1.54) is 0 Å². The second kappa shape index (κ2) is 12.5. The standard InChI is InChI=1S/C21H29NO6S/c1-27-14-17-5-2-4-16(12-17)13-19(23)8-7-18-15-28-21(26)22(18)9-11-29-10-3-6-20(24)25/h2,4-5,7-8,12,18-19,23H,3,6,9-11,13-15H2,1H3,(H,24,25)/b8-7+/t18-,19+/m0/s1. The third-order valence-corrected chi connectivity index (χ3v) is 5.52. The van der Waals surface area contributed by atoms with Crippen LogP contribution in [0, 0.1) is 0 Å². The molecule has 160 valence electrons. The van der Waals surface area contributed by atoms with Crippen molar-refractivity contribution in [3.05, 3.63) is 47.5 Å². The molecule has 1 heterocycles. The molecular formula is C21H29NO6S. The number of ether oxygens (including phenoxy) is 2. The van der Waals surface area contributed by atoms with Gasteiger partial charge in [0, 0.05) is 32.2 Å². The number of hydrogen-bond donors (Lipinski definition) is 2. The van der Waals surface area contributed by atoms with Crippen molar-refractivity contribution in [3.63, 3.8) is 0 Å². The van der Waals surface area contributed by atoms with Crippen LogP contribution in [0.3, 0.4) is 0 Å². The summed E-state index contributed by atoms with van der Waals surface area (Å²) >= 11 is 1.62. The molecule has 1 saturated heterocycles. The van der Waals surface area contributed by atoms with Gasteiger partial charge in [-0.05, 0) is 23.3 Å². The first-order valence-corrected chi connectivity index (χ1v) is 10.8. The number of carbonyl (C=O) groups excluding carboxylic acids is 1. The number of methoxy groups -OCH3 is 1. The maximum atomic E-state index is 11.9. The van der Waals surface area contributed by atoms with E-state index in [0.717, 1.165) is 16.9 Å². The van der Waals surface area contributed by atoms with Crippen LogP contribution >= 0.6 is 11.8 Å². The molecule has 2 atom stereocenters. The predicted octanol–water partition coefficient (Wildman–Crippen LogP) is 2.71. The highest BCUT2D eigenvalue weighted by Gasteiger charge is 2.30. The number of hydrogen-bond acceptors (Lipinski definition) is 6. The number of carbonyl (C=O) groups is 2. The number of aliphatic hydroxyl groups excluding tert-OH is 1. The van der Waals surface area contributed by atoms with Gasteiger partial charge in [-0.2, -0.15) is 11.8 Å². The number of aliphatic carboxylic acids is 1. The van der Waals surface area contributed by atoms with Crippen molar-refractivity contribution in [3.8, 4) is 0 Å². The minimum absolute atomic E-state index is 0.163. The monoisotopic (exact) mass is 423 g/mol. The summed E-state index contributed by atoms with van der Waals surface area (Å²) in [5, 5.41) is 19.0. The molecule has 0 unspecified atom stereocenters. The fourth-order valence-corrected chi connectivity index (χ4v) is 3.93. The van der Waals surface area contributed by atoms with Crippen LogP contribution < -0.4 is 0 Å². The maximum absolute atomic E-state index is 11.9. The molecule has 8 heteroatoms. The maximum Gasteiger partial charge on any atom is 0.410 e. The molecule has 1 fully saturated rings. The van der Waals surface area contributed by atoms with Crippen LogP contribution in [0.2, 0.25) is 0 Å². The van der Waals surface area contributed by atoms with Gasteiger partial charge in [0.2, 0.25) is 0 Å². The summed E-state index contributed by atoms with van der Waals surface area (Å²) in [6.07, 6.45) is 3.78. The number of benzene rings is 1. The topological polar surface area (TPSA) is 96.3 Å². The molecule has 7 nitrogen and oxygen atoms in total. The molecule has 0 bridgehead atoms. The Bertz CT molecular complexity index is 696. The number of amides is 1. The number of carboxylic acids is 1. The minimum Gasteiger partial charge on any atom is -0.481 e. The first kappa shape index (κ1) is 23.3. The van der Waals surface area contributed by atoms with Crippen LogP contribution in [0.25, 0.3) is 0 Å². The molecule has 0 radical (unpaired) electrons. The smallest absolute Gasteiger partial charge is 0.410 e. The molecule has 1 aliphatic heterocycles. The summed E-state index contributed by atoms with van der Waals surface area (Å²) in [6, 6.07) is 7.70. The first-order valence-electron chi connectivity index (χ1n) is 9.65. The van der Waals surface area contributed by atoms with E-state index < -0.39 is 12.1 Å². The van der Waals surface area contributed by atoms with Gasteiger partial charge in [0.15, 0.2) is 0 Å². The second-order valence-corrected chi connectivity index (χ2v) is 8.08. The summed E-state index contributed by atoms with van der Waals surface area (Å²) in [4.78, 5) is 24.1. The van der Waals surface area contributed by atoms with Gasteiger partial charge < -0.3 is 19.7 Å². The van der Waals surface area contributed by atoms with Crippen LogP contribution in [-0.2, 0) is 27.3 Å². The molecule has 29 heavy (non-hydrogen) atoms. The van der Waals surface area contributed by atoms with E-state index in [0.29, 0.717) is 31.7 Å². The third kappa shape index (κ3) is 8.47. The Morgan fingerprint density at radius 3 is 2.97 bits per heavy atom. The van der Waals surface area contributed by atoms with Gasteiger partial charge in [0.1, 0.15) is 6.61 Å². The minimum atomic E-state index is -0.789. The summed E-state index contributed by atoms with van der Waals surface area (Å²) in [5.74, 6) is 0.674. The van der Waals surface area contributed by atoms with Gasteiger partial charge >= 0.3 is 12.1 Å². The number of cyclic esters (lactones) is 1. The molecule has 0 spiro atoms. The van der Waals surface area contributed by atoms with Gasteiger partial charge in [-0.15, -0.1) is 0 Å². The SMILES string of the molecule is COCc1cccc(C[C@H](O)/C=C/[C@H]2COC(=O)N2CCSCCCC(=O)O)c1. The summed E-state index contributed by atoms with van der Waals surface area (Å²) in [7, 11) is 1.65. The van der Waals surface area contributed by atoms with Gasteiger partial charge in [-0.3, -0.25) is 9.69 Å². The van der Waals surface area contributed by atoms with E-state index in [4.69, 9.17) is 14.6 Å². The zero-order chi connectivity index (χ0) is 21.1. The van der Waals surface area contributed by atoms with Crippen molar-refractivity contribution in [2.45, 2.75) is 38.0 Å². The molecule has 0 saturated carbocycles. The Kier molecular flexibility index (Phi) is 10.0. The Hall–Kier alpha value is -2.03. The van der Waals surface area contributed by atoms with Crippen LogP contribution in [0.5, 0.6) is 0 Å². The Morgan fingerprint density at radius 2 is 2.21 bits per heavy atom. The lowest BCUT2D eigenvalue weighted by molar-refractivity contribution is -0.137.